The highest BCUT2D eigenvalue weighted by atomic mass is 32.1. The summed E-state index contributed by atoms with van der Waals surface area (Å²) in [6, 6.07) is 0. The highest BCUT2D eigenvalue weighted by Crippen LogP contribution is 2.31. The molecule has 1 heterocycles. The molecule has 0 bridgehead atoms. The van der Waals surface area contributed by atoms with E-state index in [2.05, 4.69) is 43.1 Å². The van der Waals surface area contributed by atoms with Crippen molar-refractivity contribution in [2.45, 2.75) is 30.6 Å². The monoisotopic (exact) mass is 237 g/mol. The first-order valence-electron chi connectivity index (χ1n) is 5.80. The average Bonchev–Trinajstić information content (AvgIpc) is 2.42. The summed E-state index contributed by atoms with van der Waals surface area (Å²) in [6.45, 7) is 3.82. The van der Waals surface area contributed by atoms with Crippen LogP contribution < -0.4 is 5.32 Å². The number of aliphatic hydroxyl groups is 1. The van der Waals surface area contributed by atoms with E-state index in [0.29, 0.717) is 0 Å². The quantitative estimate of drug-likeness (QED) is 0.608. The van der Waals surface area contributed by atoms with Crippen molar-refractivity contribution in [1.29, 1.82) is 0 Å². The zero-order chi connectivity index (χ0) is 11.6. The van der Waals surface area contributed by atoms with Crippen molar-refractivity contribution in [1.82, 2.24) is 5.32 Å². The fraction of sp³-hybridized carbons (Fsp3) is 0.538. The second-order valence-electron chi connectivity index (χ2n) is 4.64. The molecule has 1 aliphatic heterocycles. The number of rotatable bonds is 1. The number of nitrogens with one attached hydrogen (secondary N) is 1. The van der Waals surface area contributed by atoms with Gasteiger partial charge in [-0.3, -0.25) is 0 Å². The van der Waals surface area contributed by atoms with Crippen molar-refractivity contribution >= 4 is 12.6 Å². The Hall–Kier alpha value is -0.510. The Bertz CT molecular complexity index is 351. The molecular weight excluding hydrogens is 218 g/mol. The number of piperidine rings is 1. The van der Waals surface area contributed by atoms with E-state index in [-0.39, 0.29) is 5.25 Å². The number of hydrogen-bond acceptors (Lipinski definition) is 3. The first-order valence-corrected chi connectivity index (χ1v) is 6.32. The van der Waals surface area contributed by atoms with Crippen LogP contribution in [-0.2, 0) is 0 Å². The van der Waals surface area contributed by atoms with Crippen LogP contribution in [0.15, 0.2) is 35.5 Å². The average molecular weight is 237 g/mol. The predicted octanol–water partition coefficient (Wildman–Crippen LogP) is 1.84. The lowest BCUT2D eigenvalue weighted by molar-refractivity contribution is 0.0495. The molecular formula is C13H19NOS. The Morgan fingerprint density at radius 3 is 2.81 bits per heavy atom. The van der Waals surface area contributed by atoms with Gasteiger partial charge in [-0.2, -0.15) is 12.6 Å². The first-order chi connectivity index (χ1) is 7.60. The van der Waals surface area contributed by atoms with Gasteiger partial charge in [0.2, 0.25) is 0 Å². The molecule has 0 amide bonds. The van der Waals surface area contributed by atoms with Crippen LogP contribution in [0, 0.1) is 0 Å². The van der Waals surface area contributed by atoms with Crippen molar-refractivity contribution in [2.24, 2.45) is 0 Å². The number of hydrogen-bond donors (Lipinski definition) is 3. The molecule has 0 spiro atoms. The fourth-order valence-corrected chi connectivity index (χ4v) is 2.50. The number of thiol groups is 1. The minimum atomic E-state index is -0.667. The fourth-order valence-electron chi connectivity index (χ4n) is 2.25. The largest absolute Gasteiger partial charge is 0.385 e. The van der Waals surface area contributed by atoms with Crippen LogP contribution in [0.4, 0.5) is 0 Å². The van der Waals surface area contributed by atoms with E-state index in [1.807, 2.05) is 6.08 Å². The smallest absolute Gasteiger partial charge is 0.0918 e. The van der Waals surface area contributed by atoms with Gasteiger partial charge in [-0.1, -0.05) is 29.9 Å². The molecule has 0 saturated carbocycles. The van der Waals surface area contributed by atoms with Gasteiger partial charge >= 0.3 is 0 Å². The molecule has 0 radical (unpaired) electrons. The van der Waals surface area contributed by atoms with Crippen LogP contribution in [0.3, 0.4) is 0 Å². The zero-order valence-corrected chi connectivity index (χ0v) is 10.5. The summed E-state index contributed by atoms with van der Waals surface area (Å²) in [7, 11) is 0. The van der Waals surface area contributed by atoms with Gasteiger partial charge in [0.1, 0.15) is 0 Å². The van der Waals surface area contributed by atoms with Gasteiger partial charge in [0.15, 0.2) is 0 Å². The maximum Gasteiger partial charge on any atom is 0.0918 e. The maximum absolute atomic E-state index is 10.6. The molecule has 1 saturated heterocycles. The lowest BCUT2D eigenvalue weighted by atomic mass is 9.83. The Labute approximate surface area is 103 Å². The van der Waals surface area contributed by atoms with Gasteiger partial charge in [0.05, 0.1) is 5.60 Å². The summed E-state index contributed by atoms with van der Waals surface area (Å²) in [5.74, 6) is 0. The third-order valence-corrected chi connectivity index (χ3v) is 3.58. The Morgan fingerprint density at radius 2 is 2.12 bits per heavy atom. The third-order valence-electron chi connectivity index (χ3n) is 3.26. The molecule has 16 heavy (non-hydrogen) atoms. The molecule has 1 fully saturated rings. The van der Waals surface area contributed by atoms with E-state index in [1.54, 1.807) is 0 Å². The van der Waals surface area contributed by atoms with Crippen molar-refractivity contribution in [3.63, 3.8) is 0 Å². The summed E-state index contributed by atoms with van der Waals surface area (Å²) in [5, 5.41) is 14.0. The molecule has 88 valence electrons. The molecule has 2 N–H and O–H groups in total. The van der Waals surface area contributed by atoms with E-state index < -0.39 is 5.60 Å². The van der Waals surface area contributed by atoms with E-state index in [9.17, 15) is 5.11 Å². The van der Waals surface area contributed by atoms with Gasteiger partial charge in [-0.15, -0.1) is 0 Å². The van der Waals surface area contributed by atoms with Gasteiger partial charge in [-0.25, -0.2) is 0 Å². The highest BCUT2D eigenvalue weighted by Gasteiger charge is 2.32. The van der Waals surface area contributed by atoms with Crippen molar-refractivity contribution in [3.05, 3.63) is 35.5 Å². The zero-order valence-electron chi connectivity index (χ0n) is 9.61. The van der Waals surface area contributed by atoms with Gasteiger partial charge in [0.25, 0.3) is 0 Å². The minimum Gasteiger partial charge on any atom is -0.385 e. The number of allylic oxidation sites excluding steroid dienone is 2. The van der Waals surface area contributed by atoms with E-state index >= 15 is 0 Å². The van der Waals surface area contributed by atoms with Crippen molar-refractivity contribution < 1.29 is 5.11 Å². The molecule has 0 aromatic carbocycles. The van der Waals surface area contributed by atoms with E-state index in [4.69, 9.17) is 0 Å². The van der Waals surface area contributed by atoms with Crippen LogP contribution >= 0.6 is 12.6 Å². The Morgan fingerprint density at radius 1 is 1.44 bits per heavy atom. The predicted molar refractivity (Wildman–Crippen MR) is 70.8 cm³/mol. The van der Waals surface area contributed by atoms with Gasteiger partial charge in [-0.05, 0) is 38.4 Å². The van der Waals surface area contributed by atoms with Crippen molar-refractivity contribution in [3.8, 4) is 0 Å². The molecule has 2 aliphatic rings. The van der Waals surface area contributed by atoms with Crippen LogP contribution in [0.1, 0.15) is 19.8 Å². The normalized spacial score (nSPS) is 29.3. The molecule has 1 aliphatic carbocycles. The highest BCUT2D eigenvalue weighted by molar-refractivity contribution is 7.81. The third kappa shape index (κ3) is 2.59. The summed E-state index contributed by atoms with van der Waals surface area (Å²) >= 11 is 4.46. The second-order valence-corrected chi connectivity index (χ2v) is 5.24. The lowest BCUT2D eigenvalue weighted by Gasteiger charge is -2.34. The summed E-state index contributed by atoms with van der Waals surface area (Å²) in [6.07, 6.45) is 9.81. The summed E-state index contributed by atoms with van der Waals surface area (Å²) in [4.78, 5) is 0. The molecule has 3 heteroatoms. The standard InChI is InChI=1S/C13H19NOS/c1-10-2-3-12(16)9-11(8-10)13(15)4-6-14-7-5-13/h2-3,8-9,12,14-16H,4-7H2,1H3. The van der Waals surface area contributed by atoms with Gasteiger partial charge < -0.3 is 10.4 Å². The SMILES string of the molecule is CC1=CC(C2(O)CCNCC2)=CC(S)C=C1. The Kier molecular flexibility index (Phi) is 3.57. The second kappa shape index (κ2) is 4.78. The molecule has 1 atom stereocenters. The van der Waals surface area contributed by atoms with Crippen LogP contribution in [0.25, 0.3) is 0 Å². The Balaban J connectivity index is 2.27. The van der Waals surface area contributed by atoms with E-state index in [0.717, 1.165) is 31.5 Å². The molecule has 1 unspecified atom stereocenters. The van der Waals surface area contributed by atoms with Gasteiger partial charge in [0, 0.05) is 5.25 Å². The van der Waals surface area contributed by atoms with Crippen molar-refractivity contribution in [2.75, 3.05) is 13.1 Å². The molecule has 2 nitrogen and oxygen atoms in total. The minimum absolute atomic E-state index is 0.0996. The molecule has 0 aromatic rings. The topological polar surface area (TPSA) is 32.3 Å². The lowest BCUT2D eigenvalue weighted by Crippen LogP contribution is -2.43. The molecule has 0 aromatic heterocycles. The first kappa shape index (κ1) is 12.0. The van der Waals surface area contributed by atoms with Crippen LogP contribution in [-0.4, -0.2) is 29.0 Å². The maximum atomic E-state index is 10.6. The summed E-state index contributed by atoms with van der Waals surface area (Å²) in [5.41, 5.74) is 1.53. The van der Waals surface area contributed by atoms with Crippen LogP contribution in [0.2, 0.25) is 0 Å². The van der Waals surface area contributed by atoms with Crippen LogP contribution in [0.5, 0.6) is 0 Å². The molecule has 2 rings (SSSR count). The summed E-state index contributed by atoms with van der Waals surface area (Å²) < 4.78 is 0. The van der Waals surface area contributed by atoms with E-state index in [1.165, 1.54) is 5.57 Å².